The van der Waals surface area contributed by atoms with Gasteiger partial charge in [-0.3, -0.25) is 0 Å². The average molecular weight is 312 g/mol. The molecule has 120 valence electrons. The molecule has 0 saturated carbocycles. The molecule has 0 spiro atoms. The lowest BCUT2D eigenvalue weighted by Gasteiger charge is -2.17. The Balaban J connectivity index is 1.83. The molecule has 24 heavy (non-hydrogen) atoms. The minimum Gasteiger partial charge on any atom is -0.0798 e. The summed E-state index contributed by atoms with van der Waals surface area (Å²) in [5.41, 5.74) is 8.73. The molecule has 0 radical (unpaired) electrons. The van der Waals surface area contributed by atoms with Gasteiger partial charge in [-0.2, -0.15) is 0 Å². The zero-order valence-electron chi connectivity index (χ0n) is 14.3. The van der Waals surface area contributed by atoms with E-state index < -0.39 is 0 Å². The number of hydrogen-bond donors (Lipinski definition) is 0. The number of benzene rings is 2. The van der Waals surface area contributed by atoms with Crippen LogP contribution in [0.1, 0.15) is 42.9 Å². The summed E-state index contributed by atoms with van der Waals surface area (Å²) in [6.07, 6.45) is 16.2. The second kappa shape index (κ2) is 6.65. The maximum absolute atomic E-state index is 2.48. The first kappa shape index (κ1) is 15.2. The molecule has 0 unspecified atom stereocenters. The van der Waals surface area contributed by atoms with E-state index in [1.54, 1.807) is 0 Å². The van der Waals surface area contributed by atoms with E-state index in [1.165, 1.54) is 46.2 Å². The van der Waals surface area contributed by atoms with Crippen molar-refractivity contribution in [3.8, 4) is 11.1 Å². The van der Waals surface area contributed by atoms with Crippen LogP contribution in [0.25, 0.3) is 16.7 Å². The largest absolute Gasteiger partial charge is 0.0798 e. The second-order valence-electron chi connectivity index (χ2n) is 6.77. The highest BCUT2D eigenvalue weighted by Gasteiger charge is 2.24. The second-order valence-corrected chi connectivity index (χ2v) is 6.77. The van der Waals surface area contributed by atoms with E-state index in [0.717, 1.165) is 12.8 Å². The van der Waals surface area contributed by atoms with Gasteiger partial charge in [0.15, 0.2) is 0 Å². The fourth-order valence-electron chi connectivity index (χ4n) is 3.96. The van der Waals surface area contributed by atoms with Gasteiger partial charge in [0.05, 0.1) is 0 Å². The highest BCUT2D eigenvalue weighted by atomic mass is 14.3. The van der Waals surface area contributed by atoms with Crippen LogP contribution in [0, 0.1) is 5.92 Å². The van der Waals surface area contributed by atoms with Crippen LogP contribution in [-0.2, 0) is 6.42 Å². The third kappa shape index (κ3) is 2.67. The molecule has 2 aliphatic rings. The van der Waals surface area contributed by atoms with Crippen LogP contribution in [0.4, 0.5) is 0 Å². The van der Waals surface area contributed by atoms with Crippen molar-refractivity contribution in [1.82, 2.24) is 0 Å². The van der Waals surface area contributed by atoms with Crippen LogP contribution < -0.4 is 0 Å². The van der Waals surface area contributed by atoms with Gasteiger partial charge < -0.3 is 0 Å². The minimum atomic E-state index is 0.418. The van der Waals surface area contributed by atoms with E-state index in [9.17, 15) is 0 Å². The Hall–Kier alpha value is -2.34. The lowest BCUT2D eigenvalue weighted by atomic mass is 9.86. The lowest BCUT2D eigenvalue weighted by Crippen LogP contribution is -1.99. The first-order chi connectivity index (χ1) is 11.9. The van der Waals surface area contributed by atoms with Crippen molar-refractivity contribution in [2.24, 2.45) is 5.92 Å². The van der Waals surface area contributed by atoms with Crippen LogP contribution in [-0.4, -0.2) is 0 Å². The van der Waals surface area contributed by atoms with E-state index in [-0.39, 0.29) is 0 Å². The van der Waals surface area contributed by atoms with Gasteiger partial charge in [-0.15, -0.1) is 0 Å². The van der Waals surface area contributed by atoms with Gasteiger partial charge in [-0.05, 0) is 46.2 Å². The van der Waals surface area contributed by atoms with Crippen molar-refractivity contribution in [3.63, 3.8) is 0 Å². The third-order valence-corrected chi connectivity index (χ3v) is 5.16. The molecular weight excluding hydrogens is 288 g/mol. The van der Waals surface area contributed by atoms with Gasteiger partial charge in [0.1, 0.15) is 0 Å². The number of rotatable bonds is 5. The van der Waals surface area contributed by atoms with E-state index in [1.807, 2.05) is 0 Å². The smallest absolute Gasteiger partial charge is 0.0207 e. The maximum Gasteiger partial charge on any atom is 0.0207 e. The number of allylic oxidation sites excluding steroid dienone is 6. The van der Waals surface area contributed by atoms with E-state index in [2.05, 4.69) is 79.8 Å². The SMILES string of the molecule is CCCC/C=C(\c1cccc2c1-c1ccccc1C2)C1C=CC=C1. The van der Waals surface area contributed by atoms with Crippen LogP contribution in [0.2, 0.25) is 0 Å². The van der Waals surface area contributed by atoms with Crippen molar-refractivity contribution in [2.75, 3.05) is 0 Å². The topological polar surface area (TPSA) is 0 Å². The summed E-state index contributed by atoms with van der Waals surface area (Å²) in [5, 5.41) is 0. The van der Waals surface area contributed by atoms with Crippen molar-refractivity contribution >= 4 is 5.57 Å². The Morgan fingerprint density at radius 2 is 1.79 bits per heavy atom. The molecule has 2 aliphatic carbocycles. The molecule has 0 fully saturated rings. The first-order valence-corrected chi connectivity index (χ1v) is 9.14. The summed E-state index contributed by atoms with van der Waals surface area (Å²) in [6.45, 7) is 2.26. The summed E-state index contributed by atoms with van der Waals surface area (Å²) in [4.78, 5) is 0. The number of fused-ring (bicyclic) bond motifs is 3. The van der Waals surface area contributed by atoms with Gasteiger partial charge >= 0.3 is 0 Å². The normalized spacial score (nSPS) is 15.8. The predicted octanol–water partition coefficient (Wildman–Crippen LogP) is 6.57. The highest BCUT2D eigenvalue weighted by Crippen LogP contribution is 2.43. The van der Waals surface area contributed by atoms with Crippen molar-refractivity contribution in [2.45, 2.75) is 32.6 Å². The van der Waals surface area contributed by atoms with Gasteiger partial charge in [-0.25, -0.2) is 0 Å². The molecule has 0 atom stereocenters. The molecular formula is C24H24. The van der Waals surface area contributed by atoms with Crippen molar-refractivity contribution < 1.29 is 0 Å². The Bertz CT molecular complexity index is 821. The summed E-state index contributed by atoms with van der Waals surface area (Å²) in [5.74, 6) is 0.418. The molecule has 0 nitrogen and oxygen atoms in total. The van der Waals surface area contributed by atoms with Crippen LogP contribution in [0.15, 0.2) is 72.8 Å². The first-order valence-electron chi connectivity index (χ1n) is 9.14. The molecule has 0 aliphatic heterocycles. The Kier molecular flexibility index (Phi) is 4.21. The van der Waals surface area contributed by atoms with Crippen molar-refractivity contribution in [3.05, 3.63) is 89.5 Å². The summed E-state index contributed by atoms with van der Waals surface area (Å²) >= 11 is 0. The van der Waals surface area contributed by atoms with Gasteiger partial charge in [0.2, 0.25) is 0 Å². The summed E-state index contributed by atoms with van der Waals surface area (Å²) in [7, 11) is 0. The molecule has 0 saturated heterocycles. The Morgan fingerprint density at radius 1 is 1.00 bits per heavy atom. The third-order valence-electron chi connectivity index (χ3n) is 5.16. The lowest BCUT2D eigenvalue weighted by molar-refractivity contribution is 0.813. The van der Waals surface area contributed by atoms with E-state index in [4.69, 9.17) is 0 Å². The molecule has 0 bridgehead atoms. The average Bonchev–Trinajstić information content (AvgIpc) is 3.26. The molecule has 0 heterocycles. The van der Waals surface area contributed by atoms with Crippen molar-refractivity contribution in [1.29, 1.82) is 0 Å². The number of hydrogen-bond acceptors (Lipinski definition) is 0. The zero-order chi connectivity index (χ0) is 16.4. The van der Waals surface area contributed by atoms with Gasteiger partial charge in [-0.1, -0.05) is 92.6 Å². The standard InChI is InChI=1S/C24H24/c1-2-3-4-14-21(18-10-5-6-11-18)23-16-9-13-20-17-19-12-7-8-15-22(19)24(20)23/h5-16,18H,2-4,17H2,1H3/b21-14-. The highest BCUT2D eigenvalue weighted by molar-refractivity contribution is 5.89. The molecule has 2 aromatic carbocycles. The van der Waals surface area contributed by atoms with E-state index in [0.29, 0.717) is 5.92 Å². The van der Waals surface area contributed by atoms with E-state index >= 15 is 0 Å². The zero-order valence-corrected chi connectivity index (χ0v) is 14.3. The van der Waals surface area contributed by atoms with Gasteiger partial charge in [0, 0.05) is 5.92 Å². The molecule has 0 amide bonds. The van der Waals surface area contributed by atoms with Crippen LogP contribution in [0.5, 0.6) is 0 Å². The van der Waals surface area contributed by atoms with Crippen LogP contribution in [0.3, 0.4) is 0 Å². The summed E-state index contributed by atoms with van der Waals surface area (Å²) < 4.78 is 0. The van der Waals surface area contributed by atoms with Gasteiger partial charge in [0.25, 0.3) is 0 Å². The summed E-state index contributed by atoms with van der Waals surface area (Å²) in [6, 6.07) is 15.7. The monoisotopic (exact) mass is 312 g/mol. The number of unbranched alkanes of at least 4 members (excludes halogenated alkanes) is 2. The molecule has 2 aromatic rings. The molecule has 4 rings (SSSR count). The Labute approximate surface area is 145 Å². The fraction of sp³-hybridized carbons (Fsp3) is 0.250. The quantitative estimate of drug-likeness (QED) is 0.467. The Morgan fingerprint density at radius 3 is 2.62 bits per heavy atom. The predicted molar refractivity (Wildman–Crippen MR) is 104 cm³/mol. The maximum atomic E-state index is 2.48. The van der Waals surface area contributed by atoms with Crippen LogP contribution >= 0.6 is 0 Å². The fourth-order valence-corrected chi connectivity index (χ4v) is 3.96. The minimum absolute atomic E-state index is 0.418. The molecule has 0 heteroatoms. The molecule has 0 aromatic heterocycles. The molecule has 0 N–H and O–H groups in total.